The van der Waals surface area contributed by atoms with Crippen molar-refractivity contribution >= 4 is 24.2 Å². The molecule has 0 aromatic heterocycles. The quantitative estimate of drug-likeness (QED) is 0.361. The number of aliphatic imine (C=N–C) groups is 3. The normalized spacial score (nSPS) is 12.2. The zero-order valence-corrected chi connectivity index (χ0v) is 8.75. The number of nitrogens with zero attached hydrogens (tertiary/aromatic N) is 3. The number of unbranched alkanes of at least 4 members (excludes halogenated alkanes) is 1. The smallest absolute Gasteiger partial charge is 0.356 e. The number of isocyanates is 3. The van der Waals surface area contributed by atoms with E-state index in [0.717, 1.165) is 12.2 Å². The minimum atomic E-state index is -2.17. The van der Waals surface area contributed by atoms with Crippen LogP contribution < -0.4 is 0 Å². The Morgan fingerprint density at radius 2 is 1.65 bits per heavy atom. The van der Waals surface area contributed by atoms with E-state index in [1.165, 1.54) is 6.08 Å². The van der Waals surface area contributed by atoms with Gasteiger partial charge in [-0.05, 0) is 12.8 Å². The van der Waals surface area contributed by atoms with Crippen LogP contribution in [0.1, 0.15) is 19.3 Å². The van der Waals surface area contributed by atoms with E-state index >= 15 is 0 Å². The first kappa shape index (κ1) is 14.6. The van der Waals surface area contributed by atoms with Crippen LogP contribution in [-0.4, -0.2) is 41.5 Å². The molecular formula is C9H9N3O5. The van der Waals surface area contributed by atoms with Gasteiger partial charge in [0.2, 0.25) is 18.2 Å². The molecular weight excluding hydrogens is 230 g/mol. The molecule has 8 heteroatoms. The van der Waals surface area contributed by atoms with Gasteiger partial charge >= 0.3 is 5.97 Å². The number of carboxylic acids is 1. The molecule has 8 nitrogen and oxygen atoms in total. The first-order chi connectivity index (χ1) is 8.13. The highest BCUT2D eigenvalue weighted by atomic mass is 16.4. The number of carbonyl (C=O) groups is 1. The summed E-state index contributed by atoms with van der Waals surface area (Å²) in [6, 6.07) is 0. The van der Waals surface area contributed by atoms with Crippen LogP contribution in [-0.2, 0) is 19.2 Å². The van der Waals surface area contributed by atoms with Crippen molar-refractivity contribution in [2.24, 2.45) is 15.0 Å². The molecule has 0 aliphatic heterocycles. The van der Waals surface area contributed by atoms with E-state index in [4.69, 9.17) is 5.11 Å². The second kappa shape index (κ2) is 7.84. The molecule has 0 unspecified atom stereocenters. The number of carboxylic acid groups (broad SMARTS) is 1. The zero-order chi connectivity index (χ0) is 13.1. The molecule has 0 heterocycles. The molecule has 17 heavy (non-hydrogen) atoms. The topological polar surface area (TPSA) is 126 Å². The Hall–Kier alpha value is -2.39. The van der Waals surface area contributed by atoms with Gasteiger partial charge in [-0.25, -0.2) is 24.2 Å². The SMILES string of the molecule is O=C=NCCCCC(N=C=O)(N=C=O)C(=O)O. The monoisotopic (exact) mass is 239 g/mol. The van der Waals surface area contributed by atoms with Crippen LogP contribution in [0.4, 0.5) is 0 Å². The van der Waals surface area contributed by atoms with Crippen LogP contribution in [0.3, 0.4) is 0 Å². The van der Waals surface area contributed by atoms with Crippen molar-refractivity contribution in [2.45, 2.75) is 24.9 Å². The Morgan fingerprint density at radius 3 is 2.06 bits per heavy atom. The van der Waals surface area contributed by atoms with Gasteiger partial charge in [0.1, 0.15) is 0 Å². The molecule has 0 bridgehead atoms. The van der Waals surface area contributed by atoms with E-state index in [2.05, 4.69) is 15.0 Å². The van der Waals surface area contributed by atoms with Crippen LogP contribution in [0.2, 0.25) is 0 Å². The molecule has 90 valence electrons. The summed E-state index contributed by atoms with van der Waals surface area (Å²) in [5.74, 6) is -1.54. The van der Waals surface area contributed by atoms with Crippen molar-refractivity contribution in [1.82, 2.24) is 0 Å². The van der Waals surface area contributed by atoms with Crippen molar-refractivity contribution in [1.29, 1.82) is 0 Å². The molecule has 0 aliphatic carbocycles. The lowest BCUT2D eigenvalue weighted by Crippen LogP contribution is -2.34. The van der Waals surface area contributed by atoms with Crippen LogP contribution in [0.15, 0.2) is 15.0 Å². The number of carbonyl (C=O) groups excluding carboxylic acids is 3. The van der Waals surface area contributed by atoms with E-state index in [1.807, 2.05) is 0 Å². The highest BCUT2D eigenvalue weighted by molar-refractivity contribution is 5.80. The van der Waals surface area contributed by atoms with Gasteiger partial charge in [0, 0.05) is 6.42 Å². The van der Waals surface area contributed by atoms with Crippen molar-refractivity contribution in [3.05, 3.63) is 0 Å². The maximum atomic E-state index is 10.9. The molecule has 0 aromatic carbocycles. The number of hydrogen-bond donors (Lipinski definition) is 1. The molecule has 1 N–H and O–H groups in total. The van der Waals surface area contributed by atoms with Crippen LogP contribution in [0.5, 0.6) is 0 Å². The third-order valence-corrected chi connectivity index (χ3v) is 1.91. The Morgan fingerprint density at radius 1 is 1.06 bits per heavy atom. The predicted octanol–water partition coefficient (Wildman–Crippen LogP) is -0.0550. The highest BCUT2D eigenvalue weighted by Crippen LogP contribution is 2.20. The lowest BCUT2D eigenvalue weighted by Gasteiger charge is -2.15. The Kier molecular flexibility index (Phi) is 6.74. The van der Waals surface area contributed by atoms with Crippen molar-refractivity contribution in [3.63, 3.8) is 0 Å². The predicted molar refractivity (Wildman–Crippen MR) is 53.4 cm³/mol. The first-order valence-electron chi connectivity index (χ1n) is 4.58. The standard InChI is InChI=1S/C9H9N3O5/c13-5-10-4-2-1-3-9(8(16)17,11-6-14)12-7-15/h1-4H2,(H,16,17). The maximum absolute atomic E-state index is 10.9. The molecule has 0 fully saturated rings. The number of aliphatic carboxylic acids is 1. The Labute approximate surface area is 95.8 Å². The molecule has 0 rings (SSSR count). The minimum Gasteiger partial charge on any atom is -0.478 e. The van der Waals surface area contributed by atoms with E-state index in [1.54, 1.807) is 0 Å². The molecule has 0 atom stereocenters. The van der Waals surface area contributed by atoms with Crippen LogP contribution in [0.25, 0.3) is 0 Å². The van der Waals surface area contributed by atoms with E-state index in [0.29, 0.717) is 6.42 Å². The average Bonchev–Trinajstić information content (AvgIpc) is 2.29. The second-order valence-electron chi connectivity index (χ2n) is 2.96. The molecule has 0 saturated carbocycles. The van der Waals surface area contributed by atoms with Crippen molar-refractivity contribution in [3.8, 4) is 0 Å². The largest absolute Gasteiger partial charge is 0.478 e. The fraction of sp³-hybridized carbons (Fsp3) is 0.556. The summed E-state index contributed by atoms with van der Waals surface area (Å²) in [4.78, 5) is 50.2. The van der Waals surface area contributed by atoms with Crippen LogP contribution >= 0.6 is 0 Å². The molecule has 0 spiro atoms. The summed E-state index contributed by atoms with van der Waals surface area (Å²) in [7, 11) is 0. The molecule has 0 amide bonds. The summed E-state index contributed by atoms with van der Waals surface area (Å²) < 4.78 is 0. The summed E-state index contributed by atoms with van der Waals surface area (Å²) in [5.41, 5.74) is -2.17. The average molecular weight is 239 g/mol. The summed E-state index contributed by atoms with van der Waals surface area (Å²) in [6.45, 7) is 0.175. The fourth-order valence-electron chi connectivity index (χ4n) is 1.10. The zero-order valence-electron chi connectivity index (χ0n) is 8.75. The highest BCUT2D eigenvalue weighted by Gasteiger charge is 2.38. The van der Waals surface area contributed by atoms with Gasteiger partial charge in [-0.15, -0.1) is 0 Å². The third kappa shape index (κ3) is 4.77. The van der Waals surface area contributed by atoms with Gasteiger partial charge in [-0.3, -0.25) is 0 Å². The lowest BCUT2D eigenvalue weighted by atomic mass is 10.0. The Bertz CT molecular complexity index is 391. The summed E-state index contributed by atoms with van der Waals surface area (Å²) in [6.07, 6.45) is 3.91. The van der Waals surface area contributed by atoms with Crippen molar-refractivity contribution < 1.29 is 24.3 Å². The molecule has 0 radical (unpaired) electrons. The summed E-state index contributed by atoms with van der Waals surface area (Å²) in [5, 5.41) is 8.86. The molecule has 0 aliphatic rings. The van der Waals surface area contributed by atoms with E-state index in [-0.39, 0.29) is 19.4 Å². The van der Waals surface area contributed by atoms with Gasteiger partial charge in [0.15, 0.2) is 0 Å². The van der Waals surface area contributed by atoms with Crippen LogP contribution in [0, 0.1) is 0 Å². The molecule has 0 aromatic rings. The third-order valence-electron chi connectivity index (χ3n) is 1.91. The lowest BCUT2D eigenvalue weighted by molar-refractivity contribution is -0.143. The Balaban J connectivity index is 4.69. The second-order valence-corrected chi connectivity index (χ2v) is 2.96. The maximum Gasteiger partial charge on any atom is 0.356 e. The van der Waals surface area contributed by atoms with Gasteiger partial charge in [-0.2, -0.15) is 9.98 Å². The van der Waals surface area contributed by atoms with E-state index < -0.39 is 11.6 Å². The van der Waals surface area contributed by atoms with Gasteiger partial charge < -0.3 is 5.11 Å². The number of rotatable bonds is 8. The van der Waals surface area contributed by atoms with Crippen molar-refractivity contribution in [2.75, 3.05) is 6.54 Å². The van der Waals surface area contributed by atoms with Gasteiger partial charge in [0.25, 0.3) is 5.66 Å². The first-order valence-corrected chi connectivity index (χ1v) is 4.58. The number of hydrogen-bond acceptors (Lipinski definition) is 7. The summed E-state index contributed by atoms with van der Waals surface area (Å²) >= 11 is 0. The van der Waals surface area contributed by atoms with E-state index in [9.17, 15) is 19.2 Å². The van der Waals surface area contributed by atoms with Gasteiger partial charge in [0.05, 0.1) is 6.54 Å². The van der Waals surface area contributed by atoms with Gasteiger partial charge in [-0.1, -0.05) is 0 Å². The fourth-order valence-corrected chi connectivity index (χ4v) is 1.10. The minimum absolute atomic E-state index is 0.175. The molecule has 0 saturated heterocycles.